The second-order valence-corrected chi connectivity index (χ2v) is 15.2. The van der Waals surface area contributed by atoms with Gasteiger partial charge in [0, 0.05) is 19.1 Å². The van der Waals surface area contributed by atoms with Gasteiger partial charge >= 0.3 is 0 Å². The molecular weight excluding hydrogens is 566 g/mol. The molecule has 5 aliphatic rings. The fourth-order valence-electron chi connectivity index (χ4n) is 9.30. The van der Waals surface area contributed by atoms with Gasteiger partial charge in [0.05, 0.1) is 18.2 Å². The van der Waals surface area contributed by atoms with Crippen molar-refractivity contribution >= 4 is 23.5 Å². The van der Waals surface area contributed by atoms with Crippen molar-refractivity contribution in [1.82, 2.24) is 26.2 Å². The van der Waals surface area contributed by atoms with Crippen molar-refractivity contribution in [2.45, 2.75) is 128 Å². The summed E-state index contributed by atoms with van der Waals surface area (Å²) in [7, 11) is 0. The van der Waals surface area contributed by atoms with Crippen molar-refractivity contribution in [2.75, 3.05) is 13.1 Å². The third kappa shape index (κ3) is 7.40. The predicted molar refractivity (Wildman–Crippen MR) is 176 cm³/mol. The van der Waals surface area contributed by atoms with Gasteiger partial charge in [-0.3, -0.25) is 29.8 Å². The Labute approximate surface area is 270 Å². The molecule has 45 heavy (non-hydrogen) atoms. The van der Waals surface area contributed by atoms with E-state index in [1.165, 1.54) is 32.1 Å². The smallest absolute Gasteiger partial charge is 0.289 e. The molecule has 9 nitrogen and oxygen atoms in total. The summed E-state index contributed by atoms with van der Waals surface area (Å²) in [4.78, 5) is 56.3. The highest BCUT2D eigenvalue weighted by Crippen LogP contribution is 2.65. The van der Waals surface area contributed by atoms with Gasteiger partial charge < -0.3 is 15.5 Å². The zero-order valence-corrected chi connectivity index (χ0v) is 27.8. The van der Waals surface area contributed by atoms with Crippen LogP contribution in [0.4, 0.5) is 0 Å². The molecule has 1 heterocycles. The van der Waals surface area contributed by atoms with E-state index in [-0.39, 0.29) is 53.6 Å². The molecule has 0 aromatic heterocycles. The van der Waals surface area contributed by atoms with Gasteiger partial charge in [0.1, 0.15) is 6.04 Å². The highest BCUT2D eigenvalue weighted by molar-refractivity contribution is 6.38. The molecule has 1 aliphatic heterocycles. The SMILES string of the molecule is C=CCCNC(=O)C(=O)C(CCC=C)NC(=O)[C@@H]1[C@@H]2[C@H](CN1C(=O)[C@@H](NC(C)NC1CC3CCC1C3)C1CCCCC1)C2(C)C. The molecule has 4 saturated carbocycles. The van der Waals surface area contributed by atoms with Crippen LogP contribution in [0.15, 0.2) is 25.3 Å². The average Bonchev–Trinajstić information content (AvgIpc) is 3.54. The third-order valence-electron chi connectivity index (χ3n) is 11.9. The number of rotatable bonds is 16. The molecule has 1 saturated heterocycles. The Bertz CT molecular complexity index is 1130. The highest BCUT2D eigenvalue weighted by Gasteiger charge is 2.69. The van der Waals surface area contributed by atoms with E-state index >= 15 is 0 Å². The molecule has 5 unspecified atom stereocenters. The molecule has 4 N–H and O–H groups in total. The van der Waals surface area contributed by atoms with Crippen molar-refractivity contribution < 1.29 is 19.2 Å². The number of likely N-dealkylation sites (tertiary alicyclic amines) is 1. The minimum atomic E-state index is -0.977. The molecule has 2 bridgehead atoms. The second kappa shape index (κ2) is 14.5. The average molecular weight is 624 g/mol. The van der Waals surface area contributed by atoms with E-state index < -0.39 is 23.8 Å². The minimum absolute atomic E-state index is 0.00257. The Morgan fingerprint density at radius 1 is 0.978 bits per heavy atom. The molecule has 0 aromatic carbocycles. The maximum atomic E-state index is 14.6. The van der Waals surface area contributed by atoms with E-state index in [1.807, 2.05) is 4.90 Å². The number of allylic oxidation sites excluding steroid dienone is 1. The standard InChI is InChI=1S/C36H57N5O4/c1-6-8-15-27(32(42)34(44)37-18-9-7-2)40-33(43)31-29-26(36(29,4)5)21-41(31)35(45)30(24-13-11-10-12-14-24)39-22(3)38-28-20-23-16-17-25(28)19-23/h6-7,22-31,38-39H,1-2,8-21H2,3-5H3,(H,37,44)(H,40,43)/t22?,23?,25?,26-,27?,28?,29-,30-,31-/m0/s1. The molecule has 9 atom stereocenters. The van der Waals surface area contributed by atoms with Crippen molar-refractivity contribution in [2.24, 2.45) is 35.0 Å². The van der Waals surface area contributed by atoms with Crippen LogP contribution in [0.2, 0.25) is 0 Å². The molecule has 9 heteroatoms. The Morgan fingerprint density at radius 2 is 1.71 bits per heavy atom. The van der Waals surface area contributed by atoms with E-state index in [9.17, 15) is 19.2 Å². The summed E-state index contributed by atoms with van der Waals surface area (Å²) in [6, 6.07) is -1.50. The van der Waals surface area contributed by atoms with E-state index in [1.54, 1.807) is 12.2 Å². The monoisotopic (exact) mass is 623 g/mol. The van der Waals surface area contributed by atoms with Crippen LogP contribution < -0.4 is 21.3 Å². The molecule has 4 aliphatic carbocycles. The van der Waals surface area contributed by atoms with Crippen LogP contribution in [0.5, 0.6) is 0 Å². The van der Waals surface area contributed by atoms with Crippen LogP contribution in [0.1, 0.15) is 97.8 Å². The quantitative estimate of drug-likeness (QED) is 0.0898. The van der Waals surface area contributed by atoms with Gasteiger partial charge in [-0.05, 0) is 93.3 Å². The van der Waals surface area contributed by atoms with Gasteiger partial charge in [0.25, 0.3) is 5.91 Å². The first-order valence-electron chi connectivity index (χ1n) is 17.7. The Balaban J connectivity index is 1.31. The summed E-state index contributed by atoms with van der Waals surface area (Å²) in [5.41, 5.74) is -0.0636. The Hall–Kier alpha value is -2.52. The first kappa shape index (κ1) is 33.8. The first-order valence-corrected chi connectivity index (χ1v) is 17.7. The van der Waals surface area contributed by atoms with Crippen LogP contribution in [-0.4, -0.2) is 71.8 Å². The van der Waals surface area contributed by atoms with Gasteiger partial charge in [-0.25, -0.2) is 0 Å². The van der Waals surface area contributed by atoms with Crippen molar-refractivity contribution in [3.05, 3.63) is 25.3 Å². The van der Waals surface area contributed by atoms with Crippen molar-refractivity contribution in [1.29, 1.82) is 0 Å². The van der Waals surface area contributed by atoms with Crippen LogP contribution in [0.25, 0.3) is 0 Å². The highest BCUT2D eigenvalue weighted by atomic mass is 16.2. The lowest BCUT2D eigenvalue weighted by molar-refractivity contribution is -0.145. The largest absolute Gasteiger partial charge is 0.349 e. The number of Topliss-reactive ketones (excluding diaryl/α,β-unsaturated/α-hetero) is 1. The predicted octanol–water partition coefficient (Wildman–Crippen LogP) is 3.84. The van der Waals surface area contributed by atoms with E-state index in [2.05, 4.69) is 55.2 Å². The van der Waals surface area contributed by atoms with Crippen LogP contribution >= 0.6 is 0 Å². The third-order valence-corrected chi connectivity index (χ3v) is 11.9. The maximum absolute atomic E-state index is 14.6. The van der Waals surface area contributed by atoms with Gasteiger partial charge in [0.15, 0.2) is 0 Å². The molecule has 5 fully saturated rings. The molecule has 3 amide bonds. The van der Waals surface area contributed by atoms with E-state index in [0.29, 0.717) is 32.0 Å². The molecule has 0 aromatic rings. The van der Waals surface area contributed by atoms with E-state index in [0.717, 1.165) is 37.5 Å². The number of amides is 3. The topological polar surface area (TPSA) is 120 Å². The van der Waals surface area contributed by atoms with Crippen molar-refractivity contribution in [3.63, 3.8) is 0 Å². The zero-order valence-electron chi connectivity index (χ0n) is 27.8. The summed E-state index contributed by atoms with van der Waals surface area (Å²) in [6.07, 6.45) is 15.3. The van der Waals surface area contributed by atoms with Crippen LogP contribution in [0, 0.1) is 35.0 Å². The number of hydrogen-bond acceptors (Lipinski definition) is 6. The Kier molecular flexibility index (Phi) is 10.9. The van der Waals surface area contributed by atoms with Crippen molar-refractivity contribution in [3.8, 4) is 0 Å². The summed E-state index contributed by atoms with van der Waals surface area (Å²) in [5.74, 6) is 0.354. The van der Waals surface area contributed by atoms with Crippen LogP contribution in [-0.2, 0) is 19.2 Å². The lowest BCUT2D eigenvalue weighted by Gasteiger charge is -2.39. The minimum Gasteiger partial charge on any atom is -0.349 e. The lowest BCUT2D eigenvalue weighted by Crippen LogP contribution is -2.61. The molecule has 0 spiro atoms. The molecular formula is C36H57N5O4. The summed E-state index contributed by atoms with van der Waals surface area (Å²) < 4.78 is 0. The first-order chi connectivity index (χ1) is 21.6. The fourth-order valence-corrected chi connectivity index (χ4v) is 9.30. The molecule has 5 rings (SSSR count). The number of piperidine rings is 1. The van der Waals surface area contributed by atoms with Gasteiger partial charge in [-0.15, -0.1) is 13.2 Å². The normalized spacial score (nSPS) is 31.8. The fraction of sp³-hybridized carbons (Fsp3) is 0.778. The lowest BCUT2D eigenvalue weighted by atomic mass is 9.82. The van der Waals surface area contributed by atoms with Gasteiger partial charge in [-0.1, -0.05) is 51.7 Å². The number of carbonyl (C=O) groups excluding carboxylic acids is 4. The number of hydrogen-bond donors (Lipinski definition) is 4. The maximum Gasteiger partial charge on any atom is 0.289 e. The number of ketones is 1. The van der Waals surface area contributed by atoms with Crippen LogP contribution in [0.3, 0.4) is 0 Å². The molecule has 250 valence electrons. The number of nitrogens with one attached hydrogen (secondary N) is 4. The van der Waals surface area contributed by atoms with Gasteiger partial charge in [0.2, 0.25) is 17.6 Å². The number of nitrogens with zero attached hydrogens (tertiary/aromatic N) is 1. The summed E-state index contributed by atoms with van der Waals surface area (Å²) in [6.45, 7) is 14.7. The van der Waals surface area contributed by atoms with Gasteiger partial charge in [-0.2, -0.15) is 0 Å². The summed E-state index contributed by atoms with van der Waals surface area (Å²) in [5, 5.41) is 13.1. The Morgan fingerprint density at radius 3 is 2.36 bits per heavy atom. The molecule has 0 radical (unpaired) electrons. The number of fused-ring (bicyclic) bond motifs is 3. The zero-order chi connectivity index (χ0) is 32.3. The van der Waals surface area contributed by atoms with E-state index in [4.69, 9.17) is 0 Å². The summed E-state index contributed by atoms with van der Waals surface area (Å²) >= 11 is 0. The number of carbonyl (C=O) groups is 4. The second-order valence-electron chi connectivity index (χ2n) is 15.2.